The molecule has 1 amide bonds. The summed E-state index contributed by atoms with van der Waals surface area (Å²) in [6.07, 6.45) is 2.40. The number of H-pyrrole nitrogens is 1. The van der Waals surface area contributed by atoms with Crippen LogP contribution in [0.3, 0.4) is 0 Å². The van der Waals surface area contributed by atoms with Gasteiger partial charge in [-0.05, 0) is 36.9 Å². The standard InChI is InChI=1S/C14H18N2O/c1-3-16(4-2)14(17)10-11-5-6-12-7-8-15-13(12)9-11/h5-9,15H,3-4,10H2,1-2H3. The van der Waals surface area contributed by atoms with E-state index in [1.165, 1.54) is 5.39 Å². The van der Waals surface area contributed by atoms with Crippen molar-refractivity contribution < 1.29 is 4.79 Å². The van der Waals surface area contributed by atoms with Crippen molar-refractivity contribution in [3.63, 3.8) is 0 Å². The lowest BCUT2D eigenvalue weighted by molar-refractivity contribution is -0.130. The first-order chi connectivity index (χ1) is 8.24. The molecule has 0 spiro atoms. The number of aromatic amines is 1. The van der Waals surface area contributed by atoms with E-state index in [2.05, 4.69) is 17.1 Å². The van der Waals surface area contributed by atoms with Crippen LogP contribution >= 0.6 is 0 Å². The zero-order valence-electron chi connectivity index (χ0n) is 10.4. The molecule has 3 heteroatoms. The molecule has 2 rings (SSSR count). The van der Waals surface area contributed by atoms with E-state index in [1.54, 1.807) is 0 Å². The van der Waals surface area contributed by atoms with E-state index in [9.17, 15) is 4.79 Å². The molecule has 90 valence electrons. The van der Waals surface area contributed by atoms with E-state index in [0.29, 0.717) is 6.42 Å². The van der Waals surface area contributed by atoms with Crippen LogP contribution in [0.15, 0.2) is 30.5 Å². The predicted octanol–water partition coefficient (Wildman–Crippen LogP) is 2.58. The first-order valence-electron chi connectivity index (χ1n) is 6.08. The number of likely N-dealkylation sites (N-methyl/N-ethyl adjacent to an activating group) is 1. The lowest BCUT2D eigenvalue weighted by Crippen LogP contribution is -2.31. The van der Waals surface area contributed by atoms with E-state index in [-0.39, 0.29) is 5.91 Å². The van der Waals surface area contributed by atoms with Gasteiger partial charge in [-0.1, -0.05) is 12.1 Å². The second-order valence-corrected chi connectivity index (χ2v) is 4.14. The Balaban J connectivity index is 2.14. The Morgan fingerprint density at radius 3 is 2.71 bits per heavy atom. The number of benzene rings is 1. The van der Waals surface area contributed by atoms with E-state index < -0.39 is 0 Å². The second-order valence-electron chi connectivity index (χ2n) is 4.14. The van der Waals surface area contributed by atoms with Gasteiger partial charge in [0.25, 0.3) is 0 Å². The molecule has 0 fully saturated rings. The monoisotopic (exact) mass is 230 g/mol. The first-order valence-corrected chi connectivity index (χ1v) is 6.08. The van der Waals surface area contributed by atoms with Gasteiger partial charge in [-0.3, -0.25) is 4.79 Å². The molecule has 1 aromatic carbocycles. The predicted molar refractivity (Wildman–Crippen MR) is 69.9 cm³/mol. The molecule has 2 aromatic rings. The fraction of sp³-hybridized carbons (Fsp3) is 0.357. The SMILES string of the molecule is CCN(CC)C(=O)Cc1ccc2cc[nH]c2c1. The van der Waals surface area contributed by atoms with Gasteiger partial charge in [0.2, 0.25) is 5.91 Å². The van der Waals surface area contributed by atoms with Crippen molar-refractivity contribution >= 4 is 16.8 Å². The average molecular weight is 230 g/mol. The van der Waals surface area contributed by atoms with Crippen molar-refractivity contribution in [2.45, 2.75) is 20.3 Å². The second kappa shape index (κ2) is 5.04. The number of nitrogens with one attached hydrogen (secondary N) is 1. The molecule has 1 heterocycles. The van der Waals surface area contributed by atoms with E-state index in [1.807, 2.05) is 37.1 Å². The van der Waals surface area contributed by atoms with E-state index >= 15 is 0 Å². The maximum atomic E-state index is 12.0. The zero-order chi connectivity index (χ0) is 12.3. The van der Waals surface area contributed by atoms with Crippen LogP contribution in [0, 0.1) is 0 Å². The van der Waals surface area contributed by atoms with Gasteiger partial charge >= 0.3 is 0 Å². The van der Waals surface area contributed by atoms with Crippen molar-refractivity contribution in [1.29, 1.82) is 0 Å². The van der Waals surface area contributed by atoms with Gasteiger partial charge in [-0.15, -0.1) is 0 Å². The number of nitrogens with zero attached hydrogens (tertiary/aromatic N) is 1. The fourth-order valence-electron chi connectivity index (χ4n) is 2.07. The van der Waals surface area contributed by atoms with Crippen LogP contribution in [-0.2, 0) is 11.2 Å². The van der Waals surface area contributed by atoms with Crippen LogP contribution in [-0.4, -0.2) is 28.9 Å². The largest absolute Gasteiger partial charge is 0.361 e. The Morgan fingerprint density at radius 1 is 1.24 bits per heavy atom. The minimum atomic E-state index is 0.195. The number of amides is 1. The molecule has 0 bridgehead atoms. The molecule has 0 unspecified atom stereocenters. The number of carbonyl (C=O) groups excluding carboxylic acids is 1. The third-order valence-corrected chi connectivity index (χ3v) is 3.09. The lowest BCUT2D eigenvalue weighted by atomic mass is 10.1. The van der Waals surface area contributed by atoms with Gasteiger partial charge in [0.15, 0.2) is 0 Å². The maximum absolute atomic E-state index is 12.0. The van der Waals surface area contributed by atoms with Crippen LogP contribution in [0.1, 0.15) is 19.4 Å². The maximum Gasteiger partial charge on any atom is 0.226 e. The molecule has 1 aromatic heterocycles. The highest BCUT2D eigenvalue weighted by Gasteiger charge is 2.10. The molecule has 0 aliphatic carbocycles. The van der Waals surface area contributed by atoms with Crippen LogP contribution in [0.2, 0.25) is 0 Å². The molecule has 0 atom stereocenters. The average Bonchev–Trinajstić information content (AvgIpc) is 2.77. The molecule has 0 aliphatic heterocycles. The Bertz CT molecular complexity index is 512. The lowest BCUT2D eigenvalue weighted by Gasteiger charge is -2.18. The van der Waals surface area contributed by atoms with Crippen LogP contribution in [0.25, 0.3) is 10.9 Å². The van der Waals surface area contributed by atoms with Crippen LogP contribution < -0.4 is 0 Å². The number of hydrogen-bond donors (Lipinski definition) is 1. The van der Waals surface area contributed by atoms with Gasteiger partial charge in [0.1, 0.15) is 0 Å². The Kier molecular flexibility index (Phi) is 3.47. The Labute approximate surface area is 101 Å². The fourth-order valence-corrected chi connectivity index (χ4v) is 2.07. The molecule has 1 N–H and O–H groups in total. The molecule has 3 nitrogen and oxygen atoms in total. The summed E-state index contributed by atoms with van der Waals surface area (Å²) in [7, 11) is 0. The van der Waals surface area contributed by atoms with Gasteiger partial charge in [0, 0.05) is 24.8 Å². The zero-order valence-corrected chi connectivity index (χ0v) is 10.4. The van der Waals surface area contributed by atoms with Crippen molar-refractivity contribution in [2.24, 2.45) is 0 Å². The first kappa shape index (κ1) is 11.7. The molecule has 0 saturated heterocycles. The summed E-state index contributed by atoms with van der Waals surface area (Å²) >= 11 is 0. The summed E-state index contributed by atoms with van der Waals surface area (Å²) in [5.41, 5.74) is 2.16. The van der Waals surface area contributed by atoms with Gasteiger partial charge in [0.05, 0.1) is 6.42 Å². The van der Waals surface area contributed by atoms with E-state index in [4.69, 9.17) is 0 Å². The topological polar surface area (TPSA) is 36.1 Å². The van der Waals surface area contributed by atoms with Crippen molar-refractivity contribution in [3.8, 4) is 0 Å². The third kappa shape index (κ3) is 2.49. The summed E-state index contributed by atoms with van der Waals surface area (Å²) in [5, 5.41) is 1.18. The quantitative estimate of drug-likeness (QED) is 0.861. The highest BCUT2D eigenvalue weighted by Crippen LogP contribution is 2.15. The molecule has 0 radical (unpaired) electrons. The summed E-state index contributed by atoms with van der Waals surface area (Å²) in [4.78, 5) is 17.0. The smallest absolute Gasteiger partial charge is 0.226 e. The number of rotatable bonds is 4. The molecular formula is C14H18N2O. The van der Waals surface area contributed by atoms with Crippen LogP contribution in [0.4, 0.5) is 0 Å². The van der Waals surface area contributed by atoms with Crippen LogP contribution in [0.5, 0.6) is 0 Å². The number of aromatic nitrogens is 1. The molecule has 17 heavy (non-hydrogen) atoms. The molecule has 0 saturated carbocycles. The minimum absolute atomic E-state index is 0.195. The van der Waals surface area contributed by atoms with Crippen molar-refractivity contribution in [1.82, 2.24) is 9.88 Å². The highest BCUT2D eigenvalue weighted by atomic mass is 16.2. The third-order valence-electron chi connectivity index (χ3n) is 3.09. The minimum Gasteiger partial charge on any atom is -0.361 e. The van der Waals surface area contributed by atoms with E-state index in [0.717, 1.165) is 24.2 Å². The van der Waals surface area contributed by atoms with Gasteiger partial charge in [-0.2, -0.15) is 0 Å². The van der Waals surface area contributed by atoms with Gasteiger partial charge in [-0.25, -0.2) is 0 Å². The van der Waals surface area contributed by atoms with Crippen molar-refractivity contribution in [2.75, 3.05) is 13.1 Å². The number of carbonyl (C=O) groups is 1. The number of hydrogen-bond acceptors (Lipinski definition) is 1. The molecule has 0 aliphatic rings. The van der Waals surface area contributed by atoms with Gasteiger partial charge < -0.3 is 9.88 Å². The number of fused-ring (bicyclic) bond motifs is 1. The molecular weight excluding hydrogens is 212 g/mol. The summed E-state index contributed by atoms with van der Waals surface area (Å²) < 4.78 is 0. The summed E-state index contributed by atoms with van der Waals surface area (Å²) in [5.74, 6) is 0.195. The normalized spacial score (nSPS) is 10.7. The summed E-state index contributed by atoms with van der Waals surface area (Å²) in [6.45, 7) is 5.57. The summed E-state index contributed by atoms with van der Waals surface area (Å²) in [6, 6.07) is 8.16. The Hall–Kier alpha value is -1.77. The highest BCUT2D eigenvalue weighted by molar-refractivity contribution is 5.83. The Morgan fingerprint density at radius 2 is 2.00 bits per heavy atom. The van der Waals surface area contributed by atoms with Crippen molar-refractivity contribution in [3.05, 3.63) is 36.0 Å².